The van der Waals surface area contributed by atoms with E-state index in [1.807, 2.05) is 0 Å². The molecule has 12 heteroatoms. The SMILES string of the molecule is O=C1N=c2cc([N+](=O)[O-])c([N+](=O)[O-])cc2=NC1=O.[H-].[H-].[Na+].[Na+]. The molecule has 0 fully saturated rings. The Balaban J connectivity index is -0.000000902. The number of rotatable bonds is 2. The van der Waals surface area contributed by atoms with Gasteiger partial charge in [0.2, 0.25) is 0 Å². The number of nitro benzene ring substituents is 2. The van der Waals surface area contributed by atoms with Crippen molar-refractivity contribution in [3.05, 3.63) is 43.1 Å². The number of hydrogen-bond donors (Lipinski definition) is 0. The summed E-state index contributed by atoms with van der Waals surface area (Å²) in [6, 6.07) is 1.47. The number of nitrogens with zero attached hydrogens (tertiary/aromatic N) is 4. The van der Waals surface area contributed by atoms with Crippen molar-refractivity contribution in [3.63, 3.8) is 0 Å². The number of fused-ring (bicyclic) bond motifs is 1. The predicted molar refractivity (Wildman–Crippen MR) is 54.3 cm³/mol. The first kappa shape index (κ1) is 19.0. The van der Waals surface area contributed by atoms with E-state index < -0.39 is 33.0 Å². The minimum Gasteiger partial charge on any atom is -1.00 e. The van der Waals surface area contributed by atoms with Gasteiger partial charge in [0, 0.05) is 0 Å². The number of benzene rings is 1. The fourth-order valence-corrected chi connectivity index (χ4v) is 1.34. The molecule has 94 valence electrons. The van der Waals surface area contributed by atoms with Gasteiger partial charge in [-0.3, -0.25) is 29.8 Å². The summed E-state index contributed by atoms with van der Waals surface area (Å²) in [4.78, 5) is 47.7. The largest absolute Gasteiger partial charge is 1.00 e. The third kappa shape index (κ3) is 3.53. The zero-order valence-electron chi connectivity index (χ0n) is 12.4. The van der Waals surface area contributed by atoms with Crippen molar-refractivity contribution in [1.29, 1.82) is 0 Å². The average Bonchev–Trinajstić information content (AvgIpc) is 2.28. The van der Waals surface area contributed by atoms with Gasteiger partial charge in [-0.05, 0) is 0 Å². The van der Waals surface area contributed by atoms with E-state index >= 15 is 0 Å². The van der Waals surface area contributed by atoms with Crippen LogP contribution in [-0.2, 0) is 9.59 Å². The van der Waals surface area contributed by atoms with Crippen molar-refractivity contribution >= 4 is 23.2 Å². The van der Waals surface area contributed by atoms with Crippen LogP contribution in [0.5, 0.6) is 0 Å². The molecule has 10 nitrogen and oxygen atoms in total. The topological polar surface area (TPSA) is 145 Å². The van der Waals surface area contributed by atoms with E-state index in [1.54, 1.807) is 0 Å². The summed E-state index contributed by atoms with van der Waals surface area (Å²) >= 11 is 0. The standard InChI is InChI=1S/C8H2N4O6.2Na.2H/c13-7-8(14)10-4-2-6(12(17)18)5(11(15)16)1-3(4)9-7;;;;/h1-2H;;;;/q;2*+1;2*-1. The van der Waals surface area contributed by atoms with Gasteiger partial charge in [0.15, 0.2) is 0 Å². The summed E-state index contributed by atoms with van der Waals surface area (Å²) in [7, 11) is 0. The summed E-state index contributed by atoms with van der Waals surface area (Å²) in [6.45, 7) is 0. The van der Waals surface area contributed by atoms with Crippen molar-refractivity contribution in [2.45, 2.75) is 0 Å². The van der Waals surface area contributed by atoms with Crippen LogP contribution in [0.4, 0.5) is 11.4 Å². The van der Waals surface area contributed by atoms with Crippen molar-refractivity contribution in [2.24, 2.45) is 9.98 Å². The van der Waals surface area contributed by atoms with Crippen molar-refractivity contribution in [2.75, 3.05) is 0 Å². The maximum absolute atomic E-state index is 10.9. The zero-order chi connectivity index (χ0) is 13.4. The third-order valence-electron chi connectivity index (χ3n) is 2.09. The number of nitro groups is 2. The molecule has 0 radical (unpaired) electrons. The molecule has 0 spiro atoms. The van der Waals surface area contributed by atoms with Gasteiger partial charge in [-0.25, -0.2) is 9.98 Å². The van der Waals surface area contributed by atoms with Crippen LogP contribution in [-0.4, -0.2) is 21.7 Å². The maximum Gasteiger partial charge on any atom is 1.00 e. The van der Waals surface area contributed by atoms with E-state index in [9.17, 15) is 29.8 Å². The Hall–Kier alpha value is -1.04. The van der Waals surface area contributed by atoms with E-state index in [4.69, 9.17) is 0 Å². The molecule has 0 bridgehead atoms. The van der Waals surface area contributed by atoms with Gasteiger partial charge >= 0.3 is 82.3 Å². The van der Waals surface area contributed by atoms with E-state index in [0.717, 1.165) is 12.1 Å². The fraction of sp³-hybridized carbons (Fsp3) is 0. The van der Waals surface area contributed by atoms with Gasteiger partial charge in [-0.2, -0.15) is 0 Å². The summed E-state index contributed by atoms with van der Waals surface area (Å²) in [6.07, 6.45) is 0. The molecule has 1 aliphatic heterocycles. The molecule has 0 unspecified atom stereocenters. The summed E-state index contributed by atoms with van der Waals surface area (Å²) in [5.74, 6) is -2.35. The second kappa shape index (κ2) is 7.11. The van der Waals surface area contributed by atoms with Crippen LogP contribution < -0.4 is 69.8 Å². The number of carbonyl (C=O) groups is 2. The molecule has 0 aromatic heterocycles. The molecule has 2 amide bonds. The molecule has 20 heavy (non-hydrogen) atoms. The monoisotopic (exact) mass is 298 g/mol. The van der Waals surface area contributed by atoms with Crippen LogP contribution in [0.15, 0.2) is 22.1 Å². The smallest absolute Gasteiger partial charge is 1.00 e. The summed E-state index contributed by atoms with van der Waals surface area (Å²) in [5, 5.41) is 20.8. The first-order chi connectivity index (χ1) is 8.40. The second-order valence-corrected chi connectivity index (χ2v) is 3.18. The molecular weight excluding hydrogens is 294 g/mol. The minimum atomic E-state index is -1.18. The van der Waals surface area contributed by atoms with E-state index in [-0.39, 0.29) is 72.7 Å². The molecule has 0 atom stereocenters. The van der Waals surface area contributed by atoms with Crippen LogP contribution in [0, 0.1) is 20.2 Å². The molecule has 1 aliphatic rings. The second-order valence-electron chi connectivity index (χ2n) is 3.18. The Morgan fingerprint density at radius 2 is 1.15 bits per heavy atom. The fourth-order valence-electron chi connectivity index (χ4n) is 1.34. The Morgan fingerprint density at radius 1 is 0.850 bits per heavy atom. The third-order valence-corrected chi connectivity index (χ3v) is 2.09. The molecule has 0 N–H and O–H groups in total. The quantitative estimate of drug-likeness (QED) is 0.229. The van der Waals surface area contributed by atoms with Crippen LogP contribution in [0.2, 0.25) is 0 Å². The number of carbonyl (C=O) groups excluding carboxylic acids is 2. The molecule has 0 saturated carbocycles. The Labute approximate surface area is 156 Å². The van der Waals surface area contributed by atoms with E-state index in [0.29, 0.717) is 0 Å². The predicted octanol–water partition coefficient (Wildman–Crippen LogP) is -6.96. The Kier molecular flexibility index (Phi) is 6.74. The van der Waals surface area contributed by atoms with Gasteiger partial charge in [0.1, 0.15) is 10.7 Å². The minimum absolute atomic E-state index is 0. The van der Waals surface area contributed by atoms with Gasteiger partial charge in [0.25, 0.3) is 0 Å². The number of amides is 2. The first-order valence-corrected chi connectivity index (χ1v) is 4.38. The Morgan fingerprint density at radius 3 is 1.40 bits per heavy atom. The van der Waals surface area contributed by atoms with Crippen LogP contribution >= 0.6 is 0 Å². The average molecular weight is 298 g/mol. The van der Waals surface area contributed by atoms with Crippen molar-refractivity contribution in [1.82, 2.24) is 0 Å². The van der Waals surface area contributed by atoms with Crippen LogP contribution in [0.25, 0.3) is 0 Å². The summed E-state index contributed by atoms with van der Waals surface area (Å²) < 4.78 is 0. The van der Waals surface area contributed by atoms with E-state index in [1.165, 1.54) is 0 Å². The molecule has 1 aromatic rings. The zero-order valence-corrected chi connectivity index (χ0v) is 14.4. The van der Waals surface area contributed by atoms with Gasteiger partial charge in [-0.1, -0.05) is 0 Å². The maximum atomic E-state index is 10.9. The van der Waals surface area contributed by atoms with Crippen molar-refractivity contribution in [3.8, 4) is 0 Å². The van der Waals surface area contributed by atoms with Crippen molar-refractivity contribution < 1.29 is 81.4 Å². The van der Waals surface area contributed by atoms with Gasteiger partial charge in [0.05, 0.1) is 22.0 Å². The molecule has 1 aromatic carbocycles. The van der Waals surface area contributed by atoms with Gasteiger partial charge in [-0.15, -0.1) is 0 Å². The normalized spacial score (nSPS) is 12.0. The van der Waals surface area contributed by atoms with Crippen LogP contribution in [0.3, 0.4) is 0 Å². The number of hydrogen-bond acceptors (Lipinski definition) is 6. The molecule has 1 heterocycles. The van der Waals surface area contributed by atoms with Gasteiger partial charge < -0.3 is 2.85 Å². The van der Waals surface area contributed by atoms with E-state index in [2.05, 4.69) is 9.98 Å². The summed E-state index contributed by atoms with van der Waals surface area (Å²) in [5.41, 5.74) is -1.64. The Bertz CT molecular complexity index is 693. The molecule has 2 rings (SSSR count). The molecule has 0 aliphatic carbocycles. The molecule has 0 saturated heterocycles. The first-order valence-electron chi connectivity index (χ1n) is 4.38. The molecular formula is C8H4N4Na2O6. The van der Waals surface area contributed by atoms with Crippen LogP contribution in [0.1, 0.15) is 2.85 Å².